The van der Waals surface area contributed by atoms with Gasteiger partial charge in [-0.2, -0.15) is 0 Å². The number of anilines is 2. The minimum absolute atomic E-state index is 0.130. The molecule has 0 bridgehead atoms. The van der Waals surface area contributed by atoms with Gasteiger partial charge < -0.3 is 9.47 Å². The van der Waals surface area contributed by atoms with Gasteiger partial charge in [-0.25, -0.2) is 0 Å². The third-order valence-electron chi connectivity index (χ3n) is 9.57. The van der Waals surface area contributed by atoms with Crippen LogP contribution in [0.25, 0.3) is 38.6 Å². The van der Waals surface area contributed by atoms with Gasteiger partial charge in [-0.1, -0.05) is 93.1 Å². The molecule has 2 nitrogen and oxygen atoms in total. The van der Waals surface area contributed by atoms with Crippen LogP contribution in [0.2, 0.25) is 0 Å². The normalized spacial score (nSPS) is 16.7. The molecule has 0 saturated heterocycles. The second-order valence-corrected chi connectivity index (χ2v) is 12.8. The fourth-order valence-corrected chi connectivity index (χ4v) is 7.20. The molecule has 210 valence electrons. The Hall–Kier alpha value is -4.82. The number of hydrogen-bond donors (Lipinski definition) is 0. The van der Waals surface area contributed by atoms with Gasteiger partial charge in [-0.15, -0.1) is 0 Å². The Kier molecular flexibility index (Phi) is 5.78. The molecule has 1 atom stereocenters. The van der Waals surface area contributed by atoms with Crippen LogP contribution >= 0.6 is 0 Å². The predicted molar refractivity (Wildman–Crippen MR) is 183 cm³/mol. The van der Waals surface area contributed by atoms with E-state index in [4.69, 9.17) is 0 Å². The fraction of sp³-hybridized carbons (Fsp3) is 0.171. The summed E-state index contributed by atoms with van der Waals surface area (Å²) >= 11 is 0. The molecule has 2 heteroatoms. The quantitative estimate of drug-likeness (QED) is 0.210. The summed E-state index contributed by atoms with van der Waals surface area (Å²) in [6, 6.07) is 40.5. The molecule has 1 unspecified atom stereocenters. The number of hydrogen-bond acceptors (Lipinski definition) is 1. The summed E-state index contributed by atoms with van der Waals surface area (Å²) in [6.45, 7) is 9.21. The second-order valence-electron chi connectivity index (χ2n) is 12.8. The van der Waals surface area contributed by atoms with Crippen LogP contribution in [0.15, 0.2) is 133 Å². The molecule has 8 rings (SSSR count). The van der Waals surface area contributed by atoms with E-state index in [1.165, 1.54) is 72.4 Å². The molecule has 0 aliphatic heterocycles. The Bertz CT molecular complexity index is 2090. The molecule has 43 heavy (non-hydrogen) atoms. The largest absolute Gasteiger partial charge is 0.311 e. The molecular formula is C41H36N2. The van der Waals surface area contributed by atoms with Crippen molar-refractivity contribution in [1.82, 2.24) is 4.57 Å². The SMILES string of the molecule is Cc1ccc(N(C2=CCC(C)C=C2)c2ccc3c(c2)C(C)(C)c2cc4c5ccccc5n(-c5ccccc5)c4cc2-3)cc1. The van der Waals surface area contributed by atoms with E-state index < -0.39 is 0 Å². The summed E-state index contributed by atoms with van der Waals surface area (Å²) in [6.07, 6.45) is 8.07. The van der Waals surface area contributed by atoms with Crippen molar-refractivity contribution >= 4 is 33.2 Å². The van der Waals surface area contributed by atoms with Crippen molar-refractivity contribution in [3.63, 3.8) is 0 Å². The van der Waals surface area contributed by atoms with E-state index in [-0.39, 0.29) is 5.41 Å². The Labute approximate surface area is 254 Å². The molecule has 0 spiro atoms. The van der Waals surface area contributed by atoms with Crippen LogP contribution in [0.3, 0.4) is 0 Å². The van der Waals surface area contributed by atoms with Gasteiger partial charge in [0.2, 0.25) is 0 Å². The minimum Gasteiger partial charge on any atom is -0.311 e. The Balaban J connectivity index is 1.33. The van der Waals surface area contributed by atoms with Crippen LogP contribution in [0.1, 0.15) is 43.9 Å². The van der Waals surface area contributed by atoms with Gasteiger partial charge >= 0.3 is 0 Å². The van der Waals surface area contributed by atoms with Gasteiger partial charge in [0.05, 0.1) is 11.0 Å². The summed E-state index contributed by atoms with van der Waals surface area (Å²) in [5.41, 5.74) is 13.9. The lowest BCUT2D eigenvalue weighted by molar-refractivity contribution is 0.661. The van der Waals surface area contributed by atoms with E-state index in [1.54, 1.807) is 0 Å². The van der Waals surface area contributed by atoms with Crippen molar-refractivity contribution in [2.75, 3.05) is 4.90 Å². The Morgan fingerprint density at radius 3 is 2.19 bits per heavy atom. The minimum atomic E-state index is -0.130. The zero-order valence-electron chi connectivity index (χ0n) is 25.3. The summed E-state index contributed by atoms with van der Waals surface area (Å²) in [4.78, 5) is 2.43. The zero-order valence-corrected chi connectivity index (χ0v) is 25.3. The molecule has 2 aliphatic carbocycles. The summed E-state index contributed by atoms with van der Waals surface area (Å²) in [5, 5.41) is 2.61. The van der Waals surface area contributed by atoms with E-state index in [2.05, 4.69) is 165 Å². The summed E-state index contributed by atoms with van der Waals surface area (Å²) in [5.74, 6) is 0.569. The molecule has 0 N–H and O–H groups in total. The number of rotatable bonds is 4. The molecule has 0 saturated carbocycles. The van der Waals surface area contributed by atoms with E-state index in [0.29, 0.717) is 5.92 Å². The standard InChI is InChI=1S/C41H36N2/c1-27-14-18-30(19-15-27)42(31-20-16-28(2)17-21-31)32-22-23-33-35-26-40-36(25-38(35)41(3,4)37(33)24-32)34-12-8-9-13-39(34)43(40)29-10-6-5-7-11-29/h5-16,18-26,28H,17H2,1-4H3. The van der Waals surface area contributed by atoms with Gasteiger partial charge in [0, 0.05) is 38.9 Å². The molecule has 2 aliphatic rings. The monoisotopic (exact) mass is 556 g/mol. The van der Waals surface area contributed by atoms with Gasteiger partial charge in [0.1, 0.15) is 0 Å². The lowest BCUT2D eigenvalue weighted by atomic mass is 9.82. The molecule has 1 heterocycles. The number of benzene rings is 5. The van der Waals surface area contributed by atoms with Crippen molar-refractivity contribution < 1.29 is 0 Å². The van der Waals surface area contributed by atoms with E-state index in [1.807, 2.05) is 0 Å². The molecule has 0 fully saturated rings. The first-order chi connectivity index (χ1) is 20.9. The maximum atomic E-state index is 2.47. The van der Waals surface area contributed by atoms with Crippen LogP contribution in [0, 0.1) is 12.8 Å². The Morgan fingerprint density at radius 2 is 1.42 bits per heavy atom. The summed E-state index contributed by atoms with van der Waals surface area (Å²) in [7, 11) is 0. The van der Waals surface area contributed by atoms with E-state index >= 15 is 0 Å². The highest BCUT2D eigenvalue weighted by Crippen LogP contribution is 2.52. The van der Waals surface area contributed by atoms with Gasteiger partial charge in [0.15, 0.2) is 0 Å². The zero-order chi connectivity index (χ0) is 29.3. The smallest absolute Gasteiger partial charge is 0.0547 e. The molecule has 0 radical (unpaired) electrons. The van der Waals surface area contributed by atoms with Gasteiger partial charge in [-0.3, -0.25) is 0 Å². The number of nitrogens with zero attached hydrogens (tertiary/aromatic N) is 2. The highest BCUT2D eigenvalue weighted by atomic mass is 15.1. The highest BCUT2D eigenvalue weighted by Gasteiger charge is 2.37. The van der Waals surface area contributed by atoms with Crippen molar-refractivity contribution in [2.45, 2.75) is 39.5 Å². The number of allylic oxidation sites excluding steroid dienone is 3. The van der Waals surface area contributed by atoms with Crippen LogP contribution in [0.5, 0.6) is 0 Å². The van der Waals surface area contributed by atoms with Crippen LogP contribution in [-0.4, -0.2) is 4.57 Å². The van der Waals surface area contributed by atoms with Crippen LogP contribution in [0.4, 0.5) is 11.4 Å². The van der Waals surface area contributed by atoms with Crippen molar-refractivity contribution in [3.8, 4) is 16.8 Å². The average molecular weight is 557 g/mol. The van der Waals surface area contributed by atoms with Crippen molar-refractivity contribution in [1.29, 1.82) is 0 Å². The average Bonchev–Trinajstić information content (AvgIpc) is 3.47. The molecular weight excluding hydrogens is 520 g/mol. The first-order valence-corrected chi connectivity index (χ1v) is 15.4. The lowest BCUT2D eigenvalue weighted by Crippen LogP contribution is -2.19. The van der Waals surface area contributed by atoms with E-state index in [9.17, 15) is 0 Å². The fourth-order valence-electron chi connectivity index (χ4n) is 7.20. The van der Waals surface area contributed by atoms with Crippen molar-refractivity contribution in [3.05, 3.63) is 150 Å². The lowest BCUT2D eigenvalue weighted by Gasteiger charge is -2.30. The first-order valence-electron chi connectivity index (χ1n) is 15.4. The topological polar surface area (TPSA) is 8.17 Å². The third-order valence-corrected chi connectivity index (χ3v) is 9.57. The molecule has 0 amide bonds. The summed E-state index contributed by atoms with van der Waals surface area (Å²) < 4.78 is 2.42. The van der Waals surface area contributed by atoms with E-state index in [0.717, 1.165) is 6.42 Å². The first kappa shape index (κ1) is 25.9. The van der Waals surface area contributed by atoms with Gasteiger partial charge in [0.25, 0.3) is 0 Å². The van der Waals surface area contributed by atoms with Gasteiger partial charge in [-0.05, 0) is 102 Å². The molecule has 5 aromatic carbocycles. The van der Waals surface area contributed by atoms with Crippen molar-refractivity contribution in [2.24, 2.45) is 5.92 Å². The maximum absolute atomic E-state index is 2.47. The van der Waals surface area contributed by atoms with Crippen LogP contribution in [-0.2, 0) is 5.41 Å². The number of fused-ring (bicyclic) bond motifs is 6. The third kappa shape index (κ3) is 4.01. The number of aryl methyl sites for hydroxylation is 1. The van der Waals surface area contributed by atoms with Crippen LogP contribution < -0.4 is 4.90 Å². The highest BCUT2D eigenvalue weighted by molar-refractivity contribution is 6.11. The Morgan fingerprint density at radius 1 is 0.698 bits per heavy atom. The predicted octanol–water partition coefficient (Wildman–Crippen LogP) is 11.0. The molecule has 1 aromatic heterocycles. The number of aromatic nitrogens is 1. The number of para-hydroxylation sites is 2. The molecule has 6 aromatic rings. The maximum Gasteiger partial charge on any atom is 0.0547 e. The second kappa shape index (κ2) is 9.61.